The van der Waals surface area contributed by atoms with Crippen molar-refractivity contribution in [3.8, 4) is 22.8 Å². The maximum atomic E-state index is 7.10. The molecule has 0 aliphatic carbocycles. The Bertz CT molecular complexity index is 1720. The highest BCUT2D eigenvalue weighted by Gasteiger charge is 2.34. The number of aryl methyl sites for hydroxylation is 3. The number of hydrogen-bond donors (Lipinski definition) is 0. The number of aromatic nitrogens is 1. The number of rotatable bonds is 2. The first kappa shape index (κ1) is 23.0. The van der Waals surface area contributed by atoms with Crippen LogP contribution in [0.2, 0.25) is 0 Å². The monoisotopic (exact) mass is 474 g/mol. The van der Waals surface area contributed by atoms with Crippen LogP contribution in [0.1, 0.15) is 62.8 Å². The minimum absolute atomic E-state index is 0.129. The summed E-state index contributed by atoms with van der Waals surface area (Å²) in [5, 5.41) is 7.53. The largest absolute Gasteiger partial charge is 0.455 e. The van der Waals surface area contributed by atoms with E-state index in [9.17, 15) is 0 Å². The van der Waals surface area contributed by atoms with E-state index in [2.05, 4.69) is 115 Å². The molecule has 0 amide bonds. The first-order valence-corrected chi connectivity index (χ1v) is 13.2. The molecule has 1 aliphatic rings. The number of benzene rings is 4. The normalized spacial score (nSPS) is 13.0. The predicted octanol–water partition coefficient (Wildman–Crippen LogP) is 9.07. The van der Waals surface area contributed by atoms with Gasteiger partial charge in [-0.05, 0) is 70.3 Å². The molecular weight excluding hydrogens is 438 g/mol. The highest BCUT2D eigenvalue weighted by atomic mass is 16.5. The molecule has 0 spiro atoms. The number of nitrogens with zero attached hydrogens (tertiary/aromatic N) is 1. The van der Waals surface area contributed by atoms with Crippen molar-refractivity contribution in [2.75, 3.05) is 0 Å². The molecule has 0 atom stereocenters. The summed E-state index contributed by atoms with van der Waals surface area (Å²) in [6, 6.07) is 18.3. The average Bonchev–Trinajstić information content (AvgIpc) is 2.82. The third-order valence-corrected chi connectivity index (χ3v) is 7.81. The van der Waals surface area contributed by atoms with Crippen LogP contribution in [-0.4, -0.2) is 0 Å². The van der Waals surface area contributed by atoms with Crippen LogP contribution in [0.15, 0.2) is 54.7 Å². The molecule has 0 unspecified atom stereocenters. The molecule has 0 bridgehead atoms. The minimum Gasteiger partial charge on any atom is -0.455 e. The van der Waals surface area contributed by atoms with Crippen LogP contribution in [0, 0.1) is 19.3 Å². The van der Waals surface area contributed by atoms with Gasteiger partial charge >= 0.3 is 0 Å². The standard InChI is InChI=1S/C34H36NO/c1-19(2)22-10-12-25-24(16-22)17-23-13-14-35(8)31-29-21(4)27-15-20(3)9-11-26(27)28(18-34(5,6)7)33(29)36-32(25)30(23)31/h9-17,19H,18H2,1-8H3/q+1. The van der Waals surface area contributed by atoms with Crippen molar-refractivity contribution >= 4 is 32.3 Å². The van der Waals surface area contributed by atoms with Crippen LogP contribution in [0.4, 0.5) is 0 Å². The Morgan fingerprint density at radius 2 is 1.58 bits per heavy atom. The van der Waals surface area contributed by atoms with Gasteiger partial charge in [0.15, 0.2) is 6.20 Å². The van der Waals surface area contributed by atoms with Crippen LogP contribution < -0.4 is 9.30 Å². The van der Waals surface area contributed by atoms with Crippen molar-refractivity contribution < 1.29 is 9.30 Å². The first-order chi connectivity index (χ1) is 17.0. The fourth-order valence-corrected chi connectivity index (χ4v) is 6.01. The SMILES string of the molecule is Cc1ccc2c(CC(C)(C)C)c3c(c(C)c2c1)-c1c2c(c4ccc(C(C)C)cc4cc2cc[n+]1C)O3. The van der Waals surface area contributed by atoms with Gasteiger partial charge < -0.3 is 4.74 Å². The Hall–Kier alpha value is -3.39. The lowest BCUT2D eigenvalue weighted by Gasteiger charge is -2.28. The number of ether oxygens (including phenoxy) is 1. The van der Waals surface area contributed by atoms with Gasteiger partial charge in [-0.2, -0.15) is 0 Å². The van der Waals surface area contributed by atoms with E-state index >= 15 is 0 Å². The fraction of sp³-hybridized carbons (Fsp3) is 0.324. The van der Waals surface area contributed by atoms with Gasteiger partial charge in [-0.15, -0.1) is 0 Å². The summed E-state index contributed by atoms with van der Waals surface area (Å²) in [6.45, 7) is 15.9. The van der Waals surface area contributed by atoms with E-state index in [1.165, 1.54) is 65.8 Å². The van der Waals surface area contributed by atoms with Crippen molar-refractivity contribution in [3.05, 3.63) is 77.0 Å². The number of hydrogen-bond acceptors (Lipinski definition) is 1. The second kappa shape index (κ2) is 7.80. The molecule has 2 nitrogen and oxygen atoms in total. The van der Waals surface area contributed by atoms with Gasteiger partial charge in [0, 0.05) is 17.0 Å². The summed E-state index contributed by atoms with van der Waals surface area (Å²) >= 11 is 0. The average molecular weight is 475 g/mol. The van der Waals surface area contributed by atoms with Gasteiger partial charge in [0.1, 0.15) is 18.5 Å². The van der Waals surface area contributed by atoms with Gasteiger partial charge in [-0.25, -0.2) is 4.57 Å². The molecule has 2 heterocycles. The molecule has 4 aromatic carbocycles. The second-order valence-electron chi connectivity index (χ2n) is 12.3. The van der Waals surface area contributed by atoms with E-state index in [1.54, 1.807) is 0 Å². The Morgan fingerprint density at radius 3 is 2.31 bits per heavy atom. The van der Waals surface area contributed by atoms with Gasteiger partial charge in [-0.3, -0.25) is 0 Å². The van der Waals surface area contributed by atoms with E-state index in [0.29, 0.717) is 5.92 Å². The van der Waals surface area contributed by atoms with Crippen LogP contribution in [-0.2, 0) is 13.5 Å². The minimum atomic E-state index is 0.129. The van der Waals surface area contributed by atoms with E-state index in [1.807, 2.05) is 0 Å². The second-order valence-corrected chi connectivity index (χ2v) is 12.3. The van der Waals surface area contributed by atoms with Crippen molar-refractivity contribution in [3.63, 3.8) is 0 Å². The molecule has 0 N–H and O–H groups in total. The van der Waals surface area contributed by atoms with Gasteiger partial charge in [0.25, 0.3) is 0 Å². The van der Waals surface area contributed by atoms with E-state index in [0.717, 1.165) is 17.9 Å². The highest BCUT2D eigenvalue weighted by Crippen LogP contribution is 2.53. The molecule has 2 heteroatoms. The zero-order valence-electron chi connectivity index (χ0n) is 22.8. The molecule has 0 saturated carbocycles. The van der Waals surface area contributed by atoms with E-state index in [4.69, 9.17) is 4.74 Å². The number of pyridine rings is 1. The summed E-state index contributed by atoms with van der Waals surface area (Å²) in [4.78, 5) is 0. The van der Waals surface area contributed by atoms with Gasteiger partial charge in [-0.1, -0.05) is 76.6 Å². The summed E-state index contributed by atoms with van der Waals surface area (Å²) in [7, 11) is 2.17. The van der Waals surface area contributed by atoms with Crippen LogP contribution >= 0.6 is 0 Å². The Labute approximate surface area is 214 Å². The topological polar surface area (TPSA) is 13.1 Å². The van der Waals surface area contributed by atoms with Crippen molar-refractivity contribution in [1.82, 2.24) is 0 Å². The summed E-state index contributed by atoms with van der Waals surface area (Å²) in [6.07, 6.45) is 3.16. The van der Waals surface area contributed by atoms with Gasteiger partial charge in [0.05, 0.1) is 10.9 Å². The van der Waals surface area contributed by atoms with Crippen LogP contribution in [0.3, 0.4) is 0 Å². The molecule has 0 saturated heterocycles. The smallest absolute Gasteiger partial charge is 0.228 e. The molecule has 6 rings (SSSR count). The van der Waals surface area contributed by atoms with Crippen LogP contribution in [0.25, 0.3) is 43.6 Å². The molecular formula is C34H36NO+. The van der Waals surface area contributed by atoms with E-state index in [-0.39, 0.29) is 5.41 Å². The molecule has 1 aliphatic heterocycles. The van der Waals surface area contributed by atoms with Gasteiger partial charge in [0.2, 0.25) is 5.69 Å². The maximum Gasteiger partial charge on any atom is 0.228 e. The zero-order valence-corrected chi connectivity index (χ0v) is 22.8. The van der Waals surface area contributed by atoms with Crippen molar-refractivity contribution in [1.29, 1.82) is 0 Å². The zero-order chi connectivity index (χ0) is 25.5. The van der Waals surface area contributed by atoms with Crippen molar-refractivity contribution in [2.24, 2.45) is 12.5 Å². The Morgan fingerprint density at radius 1 is 0.833 bits per heavy atom. The van der Waals surface area contributed by atoms with Crippen LogP contribution in [0.5, 0.6) is 11.5 Å². The van der Waals surface area contributed by atoms with E-state index < -0.39 is 0 Å². The maximum absolute atomic E-state index is 7.10. The Balaban J connectivity index is 1.79. The molecule has 1 aromatic heterocycles. The Kier molecular flexibility index (Phi) is 4.99. The quantitative estimate of drug-likeness (QED) is 0.180. The predicted molar refractivity (Wildman–Crippen MR) is 152 cm³/mol. The highest BCUT2D eigenvalue weighted by molar-refractivity contribution is 6.13. The summed E-state index contributed by atoms with van der Waals surface area (Å²) < 4.78 is 9.39. The molecule has 0 fully saturated rings. The lowest BCUT2D eigenvalue weighted by molar-refractivity contribution is -0.659. The fourth-order valence-electron chi connectivity index (χ4n) is 6.01. The first-order valence-electron chi connectivity index (χ1n) is 13.2. The lowest BCUT2D eigenvalue weighted by Crippen LogP contribution is -2.32. The molecule has 36 heavy (non-hydrogen) atoms. The summed E-state index contributed by atoms with van der Waals surface area (Å²) in [5.41, 5.74) is 7.89. The molecule has 0 radical (unpaired) electrons. The number of fused-ring (bicyclic) bond motifs is 5. The third kappa shape index (κ3) is 3.42. The summed E-state index contributed by atoms with van der Waals surface area (Å²) in [5.74, 6) is 2.52. The lowest BCUT2D eigenvalue weighted by atomic mass is 9.81. The third-order valence-electron chi connectivity index (χ3n) is 7.81. The molecule has 5 aromatic rings. The van der Waals surface area contributed by atoms with Crippen molar-refractivity contribution in [2.45, 2.75) is 60.8 Å². The molecule has 182 valence electrons.